The summed E-state index contributed by atoms with van der Waals surface area (Å²) >= 11 is 0. The Labute approximate surface area is 87.6 Å². The molecular formula is C10H14N2O3. The number of carboxylic acids is 1. The number of hydrogen-bond donors (Lipinski definition) is 3. The zero-order valence-electron chi connectivity index (χ0n) is 8.43. The fourth-order valence-electron chi connectivity index (χ4n) is 1.64. The van der Waals surface area contributed by atoms with Gasteiger partial charge >= 0.3 is 5.97 Å². The van der Waals surface area contributed by atoms with Gasteiger partial charge in [0.05, 0.1) is 11.8 Å². The van der Waals surface area contributed by atoms with Crippen LogP contribution in [-0.2, 0) is 9.59 Å². The van der Waals surface area contributed by atoms with E-state index in [1.807, 2.05) is 18.4 Å². The smallest absolute Gasteiger partial charge is 0.311 e. The predicted molar refractivity (Wildman–Crippen MR) is 54.5 cm³/mol. The largest absolute Gasteiger partial charge is 0.481 e. The molecule has 4 N–H and O–H groups in total. The molecule has 0 bridgehead atoms. The summed E-state index contributed by atoms with van der Waals surface area (Å²) in [5, 5.41) is 8.92. The van der Waals surface area contributed by atoms with Crippen molar-refractivity contribution < 1.29 is 14.7 Å². The SMILES string of the molecule is C/C=C1/C=CC(C(=O)O)C(C(=O)NN)C1. The van der Waals surface area contributed by atoms with Gasteiger partial charge in [-0.3, -0.25) is 15.0 Å². The number of carbonyl (C=O) groups excluding carboxylic acids is 1. The lowest BCUT2D eigenvalue weighted by Gasteiger charge is -2.24. The molecule has 1 aliphatic rings. The number of carboxylic acid groups (broad SMARTS) is 1. The Balaban J connectivity index is 2.95. The van der Waals surface area contributed by atoms with Gasteiger partial charge in [-0.25, -0.2) is 5.84 Å². The minimum Gasteiger partial charge on any atom is -0.481 e. The van der Waals surface area contributed by atoms with Crippen molar-refractivity contribution in [2.75, 3.05) is 0 Å². The number of nitrogens with two attached hydrogens (primary N) is 1. The number of carbonyl (C=O) groups is 2. The maximum Gasteiger partial charge on any atom is 0.311 e. The number of rotatable bonds is 2. The third-order valence-corrected chi connectivity index (χ3v) is 2.54. The molecule has 2 atom stereocenters. The Morgan fingerprint density at radius 3 is 2.80 bits per heavy atom. The van der Waals surface area contributed by atoms with Crippen molar-refractivity contribution in [2.45, 2.75) is 13.3 Å². The van der Waals surface area contributed by atoms with Gasteiger partial charge in [-0.1, -0.05) is 23.8 Å². The first-order valence-electron chi connectivity index (χ1n) is 4.66. The number of hydrogen-bond acceptors (Lipinski definition) is 3. The summed E-state index contributed by atoms with van der Waals surface area (Å²) in [5.41, 5.74) is 2.95. The molecule has 0 fully saturated rings. The highest BCUT2D eigenvalue weighted by Crippen LogP contribution is 2.28. The number of amides is 1. The van der Waals surface area contributed by atoms with Gasteiger partial charge in [-0.05, 0) is 13.3 Å². The van der Waals surface area contributed by atoms with Gasteiger partial charge in [0.15, 0.2) is 0 Å². The summed E-state index contributed by atoms with van der Waals surface area (Å²) in [6.45, 7) is 1.85. The van der Waals surface area contributed by atoms with E-state index >= 15 is 0 Å². The Bertz CT molecular complexity index is 334. The molecule has 1 rings (SSSR count). The van der Waals surface area contributed by atoms with E-state index in [1.165, 1.54) is 6.08 Å². The summed E-state index contributed by atoms with van der Waals surface area (Å²) in [6.07, 6.45) is 5.53. The van der Waals surface area contributed by atoms with Gasteiger partial charge in [0.2, 0.25) is 5.91 Å². The van der Waals surface area contributed by atoms with Crippen molar-refractivity contribution in [1.82, 2.24) is 5.43 Å². The second-order valence-electron chi connectivity index (χ2n) is 3.41. The Morgan fingerprint density at radius 2 is 2.33 bits per heavy atom. The quantitative estimate of drug-likeness (QED) is 0.345. The van der Waals surface area contributed by atoms with Gasteiger partial charge < -0.3 is 5.11 Å². The molecule has 0 aromatic heterocycles. The second-order valence-corrected chi connectivity index (χ2v) is 3.41. The number of allylic oxidation sites excluding steroid dienone is 3. The number of nitrogens with one attached hydrogen (secondary N) is 1. The van der Waals surface area contributed by atoms with Crippen molar-refractivity contribution in [1.29, 1.82) is 0 Å². The zero-order valence-corrected chi connectivity index (χ0v) is 8.43. The van der Waals surface area contributed by atoms with Crippen LogP contribution in [0.3, 0.4) is 0 Å². The number of aliphatic carboxylic acids is 1. The van der Waals surface area contributed by atoms with Crippen molar-refractivity contribution in [3.05, 3.63) is 23.8 Å². The lowest BCUT2D eigenvalue weighted by atomic mass is 9.81. The molecule has 0 aromatic carbocycles. The molecule has 0 aliphatic heterocycles. The molecule has 0 aromatic rings. The molecule has 1 amide bonds. The van der Waals surface area contributed by atoms with E-state index in [2.05, 4.69) is 0 Å². The molecule has 5 heteroatoms. The molecule has 0 saturated heterocycles. The van der Waals surface area contributed by atoms with Crippen LogP contribution < -0.4 is 11.3 Å². The molecular weight excluding hydrogens is 196 g/mol. The van der Waals surface area contributed by atoms with E-state index in [1.54, 1.807) is 6.08 Å². The third-order valence-electron chi connectivity index (χ3n) is 2.54. The highest BCUT2D eigenvalue weighted by Gasteiger charge is 2.34. The van der Waals surface area contributed by atoms with E-state index in [9.17, 15) is 9.59 Å². The van der Waals surface area contributed by atoms with Crippen LogP contribution in [0, 0.1) is 11.8 Å². The molecule has 82 valence electrons. The molecule has 0 radical (unpaired) electrons. The fourth-order valence-corrected chi connectivity index (χ4v) is 1.64. The van der Waals surface area contributed by atoms with E-state index in [0.717, 1.165) is 5.57 Å². The topological polar surface area (TPSA) is 92.4 Å². The molecule has 0 heterocycles. The van der Waals surface area contributed by atoms with Crippen LogP contribution in [0.25, 0.3) is 0 Å². The van der Waals surface area contributed by atoms with Crippen LogP contribution in [-0.4, -0.2) is 17.0 Å². The van der Waals surface area contributed by atoms with Crippen LogP contribution >= 0.6 is 0 Å². The highest BCUT2D eigenvalue weighted by atomic mass is 16.4. The Kier molecular flexibility index (Phi) is 3.62. The fraction of sp³-hybridized carbons (Fsp3) is 0.400. The summed E-state index contributed by atoms with van der Waals surface area (Å²) in [6, 6.07) is 0. The van der Waals surface area contributed by atoms with Crippen LogP contribution in [0.15, 0.2) is 23.8 Å². The molecule has 5 nitrogen and oxygen atoms in total. The van der Waals surface area contributed by atoms with Crippen molar-refractivity contribution in [2.24, 2.45) is 17.7 Å². The van der Waals surface area contributed by atoms with Gasteiger partial charge in [0.1, 0.15) is 0 Å². The Morgan fingerprint density at radius 1 is 1.67 bits per heavy atom. The number of hydrazine groups is 1. The molecule has 0 spiro atoms. The lowest BCUT2D eigenvalue weighted by molar-refractivity contribution is -0.145. The normalized spacial score (nSPS) is 27.7. The monoisotopic (exact) mass is 210 g/mol. The molecule has 0 saturated carbocycles. The lowest BCUT2D eigenvalue weighted by Crippen LogP contribution is -2.41. The first-order valence-corrected chi connectivity index (χ1v) is 4.66. The maximum atomic E-state index is 11.4. The van der Waals surface area contributed by atoms with Crippen molar-refractivity contribution >= 4 is 11.9 Å². The zero-order chi connectivity index (χ0) is 11.4. The van der Waals surface area contributed by atoms with E-state index in [0.29, 0.717) is 6.42 Å². The summed E-state index contributed by atoms with van der Waals surface area (Å²) in [4.78, 5) is 22.3. The minimum absolute atomic E-state index is 0.410. The predicted octanol–water partition coefficient (Wildman–Crippen LogP) is 0.200. The second kappa shape index (κ2) is 4.75. The first-order chi connectivity index (χ1) is 7.10. The Hall–Kier alpha value is -1.62. The molecule has 2 unspecified atom stereocenters. The van der Waals surface area contributed by atoms with Crippen LogP contribution in [0.4, 0.5) is 0 Å². The van der Waals surface area contributed by atoms with Gasteiger partial charge in [0.25, 0.3) is 0 Å². The highest BCUT2D eigenvalue weighted by molar-refractivity contribution is 5.86. The van der Waals surface area contributed by atoms with Crippen molar-refractivity contribution in [3.63, 3.8) is 0 Å². The average molecular weight is 210 g/mol. The van der Waals surface area contributed by atoms with E-state index in [4.69, 9.17) is 10.9 Å². The summed E-state index contributed by atoms with van der Waals surface area (Å²) < 4.78 is 0. The standard InChI is InChI=1S/C10H14N2O3/c1-2-6-3-4-7(10(14)15)8(5-6)9(13)12-11/h2-4,7-8H,5,11H2,1H3,(H,12,13)(H,14,15)/b6-2-. The van der Waals surface area contributed by atoms with Gasteiger partial charge in [-0.2, -0.15) is 0 Å². The minimum atomic E-state index is -1.00. The summed E-state index contributed by atoms with van der Waals surface area (Å²) in [5.74, 6) is 2.16. The summed E-state index contributed by atoms with van der Waals surface area (Å²) in [7, 11) is 0. The molecule has 1 aliphatic carbocycles. The molecule has 15 heavy (non-hydrogen) atoms. The van der Waals surface area contributed by atoms with Crippen LogP contribution in [0.1, 0.15) is 13.3 Å². The first kappa shape index (κ1) is 11.5. The van der Waals surface area contributed by atoms with E-state index < -0.39 is 23.7 Å². The van der Waals surface area contributed by atoms with Crippen molar-refractivity contribution in [3.8, 4) is 0 Å². The third kappa shape index (κ3) is 2.44. The van der Waals surface area contributed by atoms with E-state index in [-0.39, 0.29) is 0 Å². The van der Waals surface area contributed by atoms with Gasteiger partial charge in [-0.15, -0.1) is 0 Å². The van der Waals surface area contributed by atoms with Crippen LogP contribution in [0.5, 0.6) is 0 Å². The van der Waals surface area contributed by atoms with Gasteiger partial charge in [0, 0.05) is 0 Å². The van der Waals surface area contributed by atoms with Crippen LogP contribution in [0.2, 0.25) is 0 Å². The maximum absolute atomic E-state index is 11.4. The average Bonchev–Trinajstić information content (AvgIpc) is 2.26.